The first-order chi connectivity index (χ1) is 9.22. The van der Waals surface area contributed by atoms with Crippen LogP contribution in [0.4, 0.5) is 0 Å². The minimum absolute atomic E-state index is 0.361. The van der Waals surface area contributed by atoms with E-state index >= 15 is 0 Å². The van der Waals surface area contributed by atoms with Gasteiger partial charge in [-0.2, -0.15) is 0 Å². The Morgan fingerprint density at radius 2 is 2.16 bits per heavy atom. The van der Waals surface area contributed by atoms with Crippen LogP contribution in [0.25, 0.3) is 0 Å². The average molecular weight is 280 g/mol. The van der Waals surface area contributed by atoms with Crippen molar-refractivity contribution in [2.45, 2.75) is 12.5 Å². The van der Waals surface area contributed by atoms with Gasteiger partial charge in [0, 0.05) is 6.08 Å². The summed E-state index contributed by atoms with van der Waals surface area (Å²) in [6, 6.07) is 6.99. The van der Waals surface area contributed by atoms with Gasteiger partial charge in [0.2, 0.25) is 0 Å². The lowest BCUT2D eigenvalue weighted by molar-refractivity contribution is -0.137. The number of methoxy groups -OCH3 is 2. The molecule has 0 heterocycles. The number of esters is 1. The molecule has 0 aliphatic carbocycles. The molecule has 0 radical (unpaired) electrons. The minimum atomic E-state index is -0.455. The zero-order valence-electron chi connectivity index (χ0n) is 11.5. The summed E-state index contributed by atoms with van der Waals surface area (Å²) in [5, 5.41) is 1.23. The second-order valence-electron chi connectivity index (χ2n) is 3.98. The van der Waals surface area contributed by atoms with Crippen molar-refractivity contribution in [2.75, 3.05) is 20.8 Å². The summed E-state index contributed by atoms with van der Waals surface area (Å²) >= 11 is 0. The van der Waals surface area contributed by atoms with Crippen LogP contribution >= 0.6 is 0 Å². The Balaban J connectivity index is 2.45. The van der Waals surface area contributed by atoms with E-state index in [2.05, 4.69) is 12.6 Å². The van der Waals surface area contributed by atoms with Gasteiger partial charge in [-0.15, -0.1) is 0 Å². The van der Waals surface area contributed by atoms with Gasteiger partial charge in [0.05, 0.1) is 30.3 Å². The van der Waals surface area contributed by atoms with Crippen molar-refractivity contribution in [1.82, 2.24) is 0 Å². The SMILES string of the molecule is C=CC(=O)OCCC[SiH2]c1cccc(OC)c1OC. The van der Waals surface area contributed by atoms with Gasteiger partial charge in [-0.25, -0.2) is 4.79 Å². The molecular formula is C14H20O4Si. The molecular weight excluding hydrogens is 260 g/mol. The number of ether oxygens (including phenoxy) is 3. The summed E-state index contributed by atoms with van der Waals surface area (Å²) in [6.07, 6.45) is 2.05. The van der Waals surface area contributed by atoms with Gasteiger partial charge in [0.25, 0.3) is 0 Å². The van der Waals surface area contributed by atoms with E-state index in [-0.39, 0.29) is 5.97 Å². The van der Waals surface area contributed by atoms with E-state index in [9.17, 15) is 4.79 Å². The molecule has 0 N–H and O–H groups in total. The number of rotatable bonds is 8. The van der Waals surface area contributed by atoms with Gasteiger partial charge in [0.15, 0.2) is 11.5 Å². The minimum Gasteiger partial charge on any atom is -0.493 e. The smallest absolute Gasteiger partial charge is 0.330 e. The highest BCUT2D eigenvalue weighted by atomic mass is 28.2. The molecule has 0 saturated heterocycles. The first kappa shape index (κ1) is 15.3. The van der Waals surface area contributed by atoms with Crippen LogP contribution in [-0.2, 0) is 9.53 Å². The third-order valence-electron chi connectivity index (χ3n) is 2.74. The van der Waals surface area contributed by atoms with Crippen molar-refractivity contribution in [3.63, 3.8) is 0 Å². The van der Waals surface area contributed by atoms with Crippen molar-refractivity contribution < 1.29 is 19.0 Å². The molecule has 0 bridgehead atoms. The van der Waals surface area contributed by atoms with Gasteiger partial charge in [-0.3, -0.25) is 0 Å². The topological polar surface area (TPSA) is 44.8 Å². The van der Waals surface area contributed by atoms with Crippen LogP contribution in [0.1, 0.15) is 6.42 Å². The van der Waals surface area contributed by atoms with E-state index in [0.29, 0.717) is 6.61 Å². The van der Waals surface area contributed by atoms with Crippen LogP contribution < -0.4 is 14.7 Å². The summed E-state index contributed by atoms with van der Waals surface area (Å²) in [6.45, 7) is 3.80. The first-order valence-corrected chi connectivity index (χ1v) is 7.92. The van der Waals surface area contributed by atoms with Crippen LogP contribution in [0.5, 0.6) is 11.5 Å². The van der Waals surface area contributed by atoms with Gasteiger partial charge in [-0.1, -0.05) is 24.8 Å². The van der Waals surface area contributed by atoms with Crippen LogP contribution in [0.15, 0.2) is 30.9 Å². The van der Waals surface area contributed by atoms with Crippen LogP contribution in [0.2, 0.25) is 6.04 Å². The summed E-state index contributed by atoms with van der Waals surface area (Å²) in [4.78, 5) is 10.9. The predicted molar refractivity (Wildman–Crippen MR) is 78.3 cm³/mol. The highest BCUT2D eigenvalue weighted by Crippen LogP contribution is 2.23. The summed E-state index contributed by atoms with van der Waals surface area (Å²) in [7, 11) is 2.84. The Morgan fingerprint density at radius 1 is 1.37 bits per heavy atom. The fraction of sp³-hybridized carbons (Fsp3) is 0.357. The molecule has 0 atom stereocenters. The van der Waals surface area contributed by atoms with Crippen molar-refractivity contribution >= 4 is 20.7 Å². The second kappa shape index (κ2) is 8.37. The number of carbonyl (C=O) groups is 1. The van der Waals surface area contributed by atoms with Crippen molar-refractivity contribution in [2.24, 2.45) is 0 Å². The maximum Gasteiger partial charge on any atom is 0.330 e. The van der Waals surface area contributed by atoms with Gasteiger partial charge in [-0.05, 0) is 17.7 Å². The number of benzene rings is 1. The summed E-state index contributed by atoms with van der Waals surface area (Å²) < 4.78 is 15.6. The maximum absolute atomic E-state index is 10.9. The number of hydrogen-bond donors (Lipinski definition) is 0. The van der Waals surface area contributed by atoms with E-state index < -0.39 is 9.52 Å². The fourth-order valence-electron chi connectivity index (χ4n) is 1.80. The second-order valence-corrected chi connectivity index (χ2v) is 5.95. The zero-order valence-corrected chi connectivity index (χ0v) is 12.9. The molecule has 0 aromatic heterocycles. The van der Waals surface area contributed by atoms with Crippen LogP contribution in [0.3, 0.4) is 0 Å². The Labute approximate surface area is 116 Å². The average Bonchev–Trinajstić information content (AvgIpc) is 2.45. The molecule has 5 heteroatoms. The predicted octanol–water partition coefficient (Wildman–Crippen LogP) is 1.04. The lowest BCUT2D eigenvalue weighted by Crippen LogP contribution is -2.17. The first-order valence-electron chi connectivity index (χ1n) is 6.22. The lowest BCUT2D eigenvalue weighted by Gasteiger charge is -2.12. The molecule has 1 aromatic carbocycles. The van der Waals surface area contributed by atoms with E-state index in [1.807, 2.05) is 12.1 Å². The van der Waals surface area contributed by atoms with E-state index in [4.69, 9.17) is 14.2 Å². The van der Waals surface area contributed by atoms with Gasteiger partial charge >= 0.3 is 5.97 Å². The normalized spacial score (nSPS) is 10.4. The van der Waals surface area contributed by atoms with Crippen LogP contribution in [-0.4, -0.2) is 36.3 Å². The molecule has 0 unspecified atom stereocenters. The van der Waals surface area contributed by atoms with Crippen LogP contribution in [0, 0.1) is 0 Å². The monoisotopic (exact) mass is 280 g/mol. The molecule has 1 rings (SSSR count). The van der Waals surface area contributed by atoms with Crippen molar-refractivity contribution in [1.29, 1.82) is 0 Å². The standard InChI is InChI=1S/C14H20O4Si/c1-4-13(15)18-9-6-10-19-12-8-5-7-11(16-2)14(12)17-3/h4-5,7-8H,1,6,9-10,19H2,2-3H3. The molecule has 0 aliphatic rings. The molecule has 104 valence electrons. The molecule has 0 aliphatic heterocycles. The Hall–Kier alpha value is -1.75. The third kappa shape index (κ3) is 4.79. The number of carbonyl (C=O) groups excluding carboxylic acids is 1. The van der Waals surface area contributed by atoms with E-state index in [1.165, 1.54) is 11.3 Å². The molecule has 0 spiro atoms. The van der Waals surface area contributed by atoms with E-state index in [0.717, 1.165) is 24.0 Å². The van der Waals surface area contributed by atoms with Crippen molar-refractivity contribution in [3.05, 3.63) is 30.9 Å². The van der Waals surface area contributed by atoms with Gasteiger partial charge in [0.1, 0.15) is 0 Å². The molecule has 1 aromatic rings. The zero-order chi connectivity index (χ0) is 14.1. The summed E-state index contributed by atoms with van der Waals surface area (Å²) in [5.41, 5.74) is 0. The molecule has 19 heavy (non-hydrogen) atoms. The summed E-state index contributed by atoms with van der Waals surface area (Å²) in [5.74, 6) is 1.24. The third-order valence-corrected chi connectivity index (χ3v) is 4.68. The highest BCUT2D eigenvalue weighted by molar-refractivity contribution is 6.54. The Morgan fingerprint density at radius 3 is 2.79 bits per heavy atom. The molecule has 0 amide bonds. The molecule has 0 saturated carbocycles. The number of para-hydroxylation sites is 1. The molecule has 0 fully saturated rings. The van der Waals surface area contributed by atoms with Crippen molar-refractivity contribution in [3.8, 4) is 11.5 Å². The van der Waals surface area contributed by atoms with Gasteiger partial charge < -0.3 is 14.2 Å². The maximum atomic E-state index is 10.9. The number of hydrogen-bond acceptors (Lipinski definition) is 4. The van der Waals surface area contributed by atoms with E-state index in [1.54, 1.807) is 14.2 Å². The fourth-order valence-corrected chi connectivity index (χ4v) is 3.48. The highest BCUT2D eigenvalue weighted by Gasteiger charge is 2.09. The molecule has 4 nitrogen and oxygen atoms in total. The lowest BCUT2D eigenvalue weighted by atomic mass is 10.3. The Kier molecular flexibility index (Phi) is 6.74. The quantitative estimate of drug-likeness (QED) is 0.309. The Bertz CT molecular complexity index is 431. The largest absolute Gasteiger partial charge is 0.493 e.